The molecule has 2 aliphatic rings. The van der Waals surface area contributed by atoms with E-state index in [-0.39, 0.29) is 17.9 Å². The van der Waals surface area contributed by atoms with Crippen molar-refractivity contribution in [3.63, 3.8) is 0 Å². The maximum atomic E-state index is 11.8. The van der Waals surface area contributed by atoms with E-state index in [9.17, 15) is 4.79 Å². The monoisotopic (exact) mass is 184 g/mol. The Kier molecular flexibility index (Phi) is 2.51. The molecule has 4 nitrogen and oxygen atoms in total. The highest BCUT2D eigenvalue weighted by Crippen LogP contribution is 2.18. The molecule has 0 saturated carbocycles. The van der Waals surface area contributed by atoms with Gasteiger partial charge >= 0.3 is 0 Å². The van der Waals surface area contributed by atoms with Crippen molar-refractivity contribution in [3.05, 3.63) is 0 Å². The molecule has 2 rings (SSSR count). The van der Waals surface area contributed by atoms with Crippen LogP contribution in [-0.2, 0) is 9.53 Å². The third kappa shape index (κ3) is 1.84. The van der Waals surface area contributed by atoms with Crippen molar-refractivity contribution in [2.45, 2.75) is 18.9 Å². The van der Waals surface area contributed by atoms with Gasteiger partial charge in [-0.15, -0.1) is 0 Å². The minimum Gasteiger partial charge on any atom is -0.381 e. The average Bonchev–Trinajstić information content (AvgIpc) is 2.72. The van der Waals surface area contributed by atoms with Gasteiger partial charge in [0.2, 0.25) is 5.91 Å². The van der Waals surface area contributed by atoms with E-state index in [4.69, 9.17) is 10.5 Å². The zero-order valence-electron chi connectivity index (χ0n) is 7.74. The molecular formula is C9H16N2O2. The molecule has 0 radical (unpaired) electrons. The molecular weight excluding hydrogens is 168 g/mol. The summed E-state index contributed by atoms with van der Waals surface area (Å²) in [5, 5.41) is 0. The van der Waals surface area contributed by atoms with E-state index in [2.05, 4.69) is 0 Å². The predicted octanol–water partition coefficient (Wildman–Crippen LogP) is -0.418. The Bertz CT molecular complexity index is 202. The zero-order valence-corrected chi connectivity index (χ0v) is 7.74. The van der Waals surface area contributed by atoms with Gasteiger partial charge in [0, 0.05) is 25.7 Å². The molecule has 13 heavy (non-hydrogen) atoms. The fourth-order valence-electron chi connectivity index (χ4n) is 1.97. The number of nitrogens with two attached hydrogens (primary N) is 1. The van der Waals surface area contributed by atoms with Crippen LogP contribution in [0, 0.1) is 5.92 Å². The van der Waals surface area contributed by atoms with Crippen LogP contribution in [0.3, 0.4) is 0 Å². The summed E-state index contributed by atoms with van der Waals surface area (Å²) in [6.45, 7) is 2.90. The number of hydrogen-bond donors (Lipinski definition) is 1. The summed E-state index contributed by atoms with van der Waals surface area (Å²) in [5.74, 6) is 0.343. The molecule has 0 unspecified atom stereocenters. The van der Waals surface area contributed by atoms with E-state index in [1.807, 2.05) is 4.90 Å². The van der Waals surface area contributed by atoms with Gasteiger partial charge in [-0.05, 0) is 12.8 Å². The molecule has 2 aliphatic heterocycles. The number of carbonyl (C=O) groups is 1. The van der Waals surface area contributed by atoms with Crippen LogP contribution in [0.15, 0.2) is 0 Å². The first-order valence-corrected chi connectivity index (χ1v) is 4.89. The molecule has 4 heteroatoms. The Morgan fingerprint density at radius 2 is 2.31 bits per heavy atom. The lowest BCUT2D eigenvalue weighted by Crippen LogP contribution is -2.36. The largest absolute Gasteiger partial charge is 0.381 e. The number of amides is 1. The number of rotatable bonds is 1. The molecule has 2 heterocycles. The highest BCUT2D eigenvalue weighted by Gasteiger charge is 2.31. The van der Waals surface area contributed by atoms with E-state index in [1.54, 1.807) is 0 Å². The van der Waals surface area contributed by atoms with Gasteiger partial charge in [0.1, 0.15) is 0 Å². The van der Waals surface area contributed by atoms with Crippen molar-refractivity contribution in [2.75, 3.05) is 26.3 Å². The van der Waals surface area contributed by atoms with Crippen LogP contribution in [0.1, 0.15) is 12.8 Å². The minimum absolute atomic E-state index is 0.102. The Morgan fingerprint density at radius 3 is 2.85 bits per heavy atom. The summed E-state index contributed by atoms with van der Waals surface area (Å²) in [5.41, 5.74) is 5.74. The summed E-state index contributed by atoms with van der Waals surface area (Å²) in [6, 6.07) is 0.186. The summed E-state index contributed by atoms with van der Waals surface area (Å²) in [4.78, 5) is 13.7. The first-order chi connectivity index (χ1) is 6.27. The first kappa shape index (κ1) is 8.97. The van der Waals surface area contributed by atoms with Crippen molar-refractivity contribution in [1.29, 1.82) is 0 Å². The Labute approximate surface area is 78.0 Å². The lowest BCUT2D eigenvalue weighted by Gasteiger charge is -2.18. The van der Waals surface area contributed by atoms with Gasteiger partial charge in [-0.3, -0.25) is 4.79 Å². The fourth-order valence-corrected chi connectivity index (χ4v) is 1.97. The molecule has 1 amide bonds. The van der Waals surface area contributed by atoms with Gasteiger partial charge in [0.15, 0.2) is 0 Å². The van der Waals surface area contributed by atoms with Gasteiger partial charge in [-0.2, -0.15) is 0 Å². The van der Waals surface area contributed by atoms with Crippen molar-refractivity contribution < 1.29 is 9.53 Å². The molecule has 0 aromatic carbocycles. The van der Waals surface area contributed by atoms with Gasteiger partial charge in [-0.1, -0.05) is 0 Å². The first-order valence-electron chi connectivity index (χ1n) is 4.89. The van der Waals surface area contributed by atoms with Gasteiger partial charge in [0.25, 0.3) is 0 Å². The van der Waals surface area contributed by atoms with E-state index < -0.39 is 0 Å². The molecule has 0 aromatic rings. The standard InChI is InChI=1S/C9H16N2O2/c10-8-1-3-11(5-8)9(12)7-2-4-13-6-7/h7-8H,1-6,10H2/t7-,8+/m1/s1. The lowest BCUT2D eigenvalue weighted by molar-refractivity contribution is -0.134. The van der Waals surface area contributed by atoms with E-state index in [0.29, 0.717) is 6.61 Å². The van der Waals surface area contributed by atoms with Crippen molar-refractivity contribution >= 4 is 5.91 Å². The Balaban J connectivity index is 1.89. The molecule has 2 fully saturated rings. The number of hydrogen-bond acceptors (Lipinski definition) is 3. The van der Waals surface area contributed by atoms with Crippen LogP contribution in [0.2, 0.25) is 0 Å². The smallest absolute Gasteiger partial charge is 0.228 e. The summed E-state index contributed by atoms with van der Waals surface area (Å²) >= 11 is 0. The van der Waals surface area contributed by atoms with Crippen molar-refractivity contribution in [2.24, 2.45) is 11.7 Å². The average molecular weight is 184 g/mol. The third-order valence-corrected chi connectivity index (χ3v) is 2.82. The second-order valence-corrected chi connectivity index (χ2v) is 3.89. The van der Waals surface area contributed by atoms with Crippen LogP contribution in [0.4, 0.5) is 0 Å². The number of carbonyl (C=O) groups excluding carboxylic acids is 1. The van der Waals surface area contributed by atoms with Gasteiger partial charge < -0.3 is 15.4 Å². The maximum absolute atomic E-state index is 11.8. The molecule has 0 bridgehead atoms. The molecule has 2 atom stereocenters. The molecule has 0 aromatic heterocycles. The molecule has 2 N–H and O–H groups in total. The Morgan fingerprint density at radius 1 is 1.46 bits per heavy atom. The molecule has 74 valence electrons. The molecule has 2 saturated heterocycles. The van der Waals surface area contributed by atoms with Crippen LogP contribution < -0.4 is 5.73 Å². The van der Waals surface area contributed by atoms with E-state index >= 15 is 0 Å². The number of nitrogens with zero attached hydrogens (tertiary/aromatic N) is 1. The van der Waals surface area contributed by atoms with Crippen LogP contribution in [-0.4, -0.2) is 43.2 Å². The SMILES string of the molecule is N[C@H]1CCN(C(=O)[C@@H]2CCOC2)C1. The van der Waals surface area contributed by atoms with Crippen LogP contribution >= 0.6 is 0 Å². The zero-order chi connectivity index (χ0) is 9.26. The normalized spacial score (nSPS) is 34.1. The van der Waals surface area contributed by atoms with E-state index in [1.165, 1.54) is 0 Å². The Hall–Kier alpha value is -0.610. The topological polar surface area (TPSA) is 55.6 Å². The summed E-state index contributed by atoms with van der Waals surface area (Å²) in [6.07, 6.45) is 1.82. The van der Waals surface area contributed by atoms with Crippen LogP contribution in [0.25, 0.3) is 0 Å². The van der Waals surface area contributed by atoms with Crippen molar-refractivity contribution in [1.82, 2.24) is 4.90 Å². The summed E-state index contributed by atoms with van der Waals surface area (Å²) in [7, 11) is 0. The van der Waals surface area contributed by atoms with Gasteiger partial charge in [0.05, 0.1) is 12.5 Å². The number of likely N-dealkylation sites (tertiary alicyclic amines) is 1. The van der Waals surface area contributed by atoms with E-state index in [0.717, 1.165) is 32.5 Å². The van der Waals surface area contributed by atoms with Crippen molar-refractivity contribution in [3.8, 4) is 0 Å². The summed E-state index contributed by atoms with van der Waals surface area (Å²) < 4.78 is 5.19. The quantitative estimate of drug-likeness (QED) is 0.602. The third-order valence-electron chi connectivity index (χ3n) is 2.82. The number of ether oxygens (including phenoxy) is 1. The highest BCUT2D eigenvalue weighted by atomic mass is 16.5. The highest BCUT2D eigenvalue weighted by molar-refractivity contribution is 5.79. The second-order valence-electron chi connectivity index (χ2n) is 3.89. The van der Waals surface area contributed by atoms with Gasteiger partial charge in [-0.25, -0.2) is 0 Å². The second kappa shape index (κ2) is 3.64. The minimum atomic E-state index is 0.102. The fraction of sp³-hybridized carbons (Fsp3) is 0.889. The maximum Gasteiger partial charge on any atom is 0.228 e. The molecule has 0 spiro atoms. The molecule has 0 aliphatic carbocycles. The predicted molar refractivity (Wildman–Crippen MR) is 48.1 cm³/mol. The van der Waals surface area contributed by atoms with Crippen LogP contribution in [0.5, 0.6) is 0 Å². The lowest BCUT2D eigenvalue weighted by atomic mass is 10.1.